The minimum absolute atomic E-state index is 0.0275. The number of carbonyl (C=O) groups is 1. The van der Waals surface area contributed by atoms with Crippen LogP contribution in [0.4, 0.5) is 0 Å². The molecule has 1 amide bonds. The van der Waals surface area contributed by atoms with E-state index in [0.29, 0.717) is 32.7 Å². The van der Waals surface area contributed by atoms with Gasteiger partial charge in [0, 0.05) is 62.4 Å². The van der Waals surface area contributed by atoms with Crippen molar-refractivity contribution in [2.24, 2.45) is 7.05 Å². The van der Waals surface area contributed by atoms with Crippen molar-refractivity contribution in [3.63, 3.8) is 0 Å². The Balaban J connectivity index is 1.41. The molecule has 2 aliphatic heterocycles. The lowest BCUT2D eigenvalue weighted by Crippen LogP contribution is -2.47. The molecule has 156 valence electrons. The number of piperidine rings is 1. The fraction of sp³-hybridized carbons (Fsp3) is 0.400. The molecule has 2 aliphatic rings. The Morgan fingerprint density at radius 3 is 2.40 bits per heavy atom. The summed E-state index contributed by atoms with van der Waals surface area (Å²) in [6.45, 7) is 2.70. The van der Waals surface area contributed by atoms with Gasteiger partial charge in [0.15, 0.2) is 5.79 Å². The quantitative estimate of drug-likeness (QED) is 0.659. The van der Waals surface area contributed by atoms with Crippen molar-refractivity contribution >= 4 is 16.8 Å². The fourth-order valence-corrected chi connectivity index (χ4v) is 4.93. The second kappa shape index (κ2) is 7.89. The number of hydrogen-bond acceptors (Lipinski definition) is 3. The molecule has 1 aromatic heterocycles. The van der Waals surface area contributed by atoms with Crippen molar-refractivity contribution < 1.29 is 14.3 Å². The van der Waals surface area contributed by atoms with E-state index in [1.165, 1.54) is 22.0 Å². The molecule has 0 aliphatic carbocycles. The Hall–Kier alpha value is -2.63. The summed E-state index contributed by atoms with van der Waals surface area (Å²) in [5.74, 6) is -0.227. The van der Waals surface area contributed by atoms with E-state index in [-0.39, 0.29) is 11.8 Å². The predicted molar refractivity (Wildman–Crippen MR) is 116 cm³/mol. The Bertz CT molecular complexity index is 1030. The van der Waals surface area contributed by atoms with Crippen LogP contribution in [0.3, 0.4) is 0 Å². The third kappa shape index (κ3) is 3.53. The van der Waals surface area contributed by atoms with Gasteiger partial charge in [0.2, 0.25) is 5.91 Å². The summed E-state index contributed by atoms with van der Waals surface area (Å²) < 4.78 is 13.8. The molecule has 2 saturated heterocycles. The average Bonchev–Trinajstić information content (AvgIpc) is 3.38. The first-order valence-electron chi connectivity index (χ1n) is 10.8. The summed E-state index contributed by atoms with van der Waals surface area (Å²) in [7, 11) is 2.07. The lowest BCUT2D eigenvalue weighted by molar-refractivity contribution is -0.187. The van der Waals surface area contributed by atoms with Crippen LogP contribution in [0.1, 0.15) is 36.3 Å². The molecule has 2 aromatic carbocycles. The van der Waals surface area contributed by atoms with Gasteiger partial charge < -0.3 is 18.9 Å². The molecule has 2 fully saturated rings. The van der Waals surface area contributed by atoms with E-state index in [1.54, 1.807) is 0 Å². The van der Waals surface area contributed by atoms with E-state index in [1.807, 2.05) is 11.0 Å². The van der Waals surface area contributed by atoms with Gasteiger partial charge in [-0.05, 0) is 17.2 Å². The van der Waals surface area contributed by atoms with Gasteiger partial charge in [-0.3, -0.25) is 4.79 Å². The lowest BCUT2D eigenvalue weighted by Gasteiger charge is -2.38. The first-order chi connectivity index (χ1) is 14.7. The van der Waals surface area contributed by atoms with Gasteiger partial charge in [-0.1, -0.05) is 48.5 Å². The van der Waals surface area contributed by atoms with E-state index in [0.717, 1.165) is 12.8 Å². The Morgan fingerprint density at radius 2 is 1.67 bits per heavy atom. The molecule has 1 spiro atoms. The second-order valence-corrected chi connectivity index (χ2v) is 8.37. The van der Waals surface area contributed by atoms with Crippen molar-refractivity contribution in [1.82, 2.24) is 9.47 Å². The van der Waals surface area contributed by atoms with Crippen LogP contribution in [0.5, 0.6) is 0 Å². The maximum atomic E-state index is 13.3. The molecule has 0 radical (unpaired) electrons. The second-order valence-electron chi connectivity index (χ2n) is 8.37. The standard InChI is InChI=1S/C25H28N2O3/c1-26-18-22(20-9-5-6-10-23(20)26)21(19-7-3-2-4-8-19)17-24(28)27-13-11-25(12-14-27)29-15-16-30-25/h2-10,18,21H,11-17H2,1H3. The molecule has 0 bridgehead atoms. The Labute approximate surface area is 177 Å². The van der Waals surface area contributed by atoms with Gasteiger partial charge in [0.25, 0.3) is 0 Å². The van der Waals surface area contributed by atoms with E-state index in [4.69, 9.17) is 9.47 Å². The number of aromatic nitrogens is 1. The van der Waals surface area contributed by atoms with Crippen molar-refractivity contribution in [3.8, 4) is 0 Å². The smallest absolute Gasteiger partial charge is 0.223 e. The highest BCUT2D eigenvalue weighted by Gasteiger charge is 2.41. The molecule has 3 aromatic rings. The number of aryl methyl sites for hydroxylation is 1. The van der Waals surface area contributed by atoms with Crippen molar-refractivity contribution in [2.45, 2.75) is 31.0 Å². The highest BCUT2D eigenvalue weighted by Crippen LogP contribution is 2.36. The highest BCUT2D eigenvalue weighted by atomic mass is 16.7. The largest absolute Gasteiger partial charge is 0.350 e. The number of ether oxygens (including phenoxy) is 2. The maximum absolute atomic E-state index is 13.3. The van der Waals surface area contributed by atoms with Gasteiger partial charge in [-0.2, -0.15) is 0 Å². The topological polar surface area (TPSA) is 43.7 Å². The molecule has 0 saturated carbocycles. The van der Waals surface area contributed by atoms with E-state index < -0.39 is 5.79 Å². The lowest BCUT2D eigenvalue weighted by atomic mass is 9.87. The van der Waals surface area contributed by atoms with Crippen LogP contribution in [0.25, 0.3) is 10.9 Å². The normalized spacial score (nSPS) is 19.4. The number of para-hydroxylation sites is 1. The van der Waals surface area contributed by atoms with Crippen molar-refractivity contribution in [2.75, 3.05) is 26.3 Å². The van der Waals surface area contributed by atoms with E-state index in [2.05, 4.69) is 66.3 Å². The molecule has 5 nitrogen and oxygen atoms in total. The molecule has 30 heavy (non-hydrogen) atoms. The maximum Gasteiger partial charge on any atom is 0.223 e. The van der Waals surface area contributed by atoms with Crippen LogP contribution >= 0.6 is 0 Å². The third-order valence-corrected chi connectivity index (χ3v) is 6.58. The zero-order valence-corrected chi connectivity index (χ0v) is 17.4. The van der Waals surface area contributed by atoms with Gasteiger partial charge in [0.05, 0.1) is 13.2 Å². The van der Waals surface area contributed by atoms with Crippen LogP contribution in [-0.4, -0.2) is 47.5 Å². The van der Waals surface area contributed by atoms with Gasteiger partial charge >= 0.3 is 0 Å². The average molecular weight is 405 g/mol. The number of likely N-dealkylation sites (tertiary alicyclic amines) is 1. The van der Waals surface area contributed by atoms with Crippen LogP contribution in [0, 0.1) is 0 Å². The van der Waals surface area contributed by atoms with Gasteiger partial charge in [0.1, 0.15) is 0 Å². The monoisotopic (exact) mass is 404 g/mol. The van der Waals surface area contributed by atoms with Crippen LogP contribution in [0.2, 0.25) is 0 Å². The number of hydrogen-bond donors (Lipinski definition) is 0. The first kappa shape index (κ1) is 19.3. The van der Waals surface area contributed by atoms with Gasteiger partial charge in [-0.25, -0.2) is 0 Å². The highest BCUT2D eigenvalue weighted by molar-refractivity contribution is 5.86. The zero-order valence-electron chi connectivity index (χ0n) is 17.4. The number of carbonyl (C=O) groups excluding carboxylic acids is 1. The molecule has 3 heterocycles. The third-order valence-electron chi connectivity index (χ3n) is 6.58. The molecular weight excluding hydrogens is 376 g/mol. The molecule has 1 atom stereocenters. The SMILES string of the molecule is Cn1cc(C(CC(=O)N2CCC3(CC2)OCCO3)c2ccccc2)c2ccccc21. The van der Waals surface area contributed by atoms with Gasteiger partial charge in [-0.15, -0.1) is 0 Å². The summed E-state index contributed by atoms with van der Waals surface area (Å²) >= 11 is 0. The molecular formula is C25H28N2O3. The van der Waals surface area contributed by atoms with Crippen LogP contribution in [0.15, 0.2) is 60.8 Å². The molecule has 0 N–H and O–H groups in total. The summed E-state index contributed by atoms with van der Waals surface area (Å²) in [5, 5.41) is 1.21. The predicted octanol–water partition coefficient (Wildman–Crippen LogP) is 4.07. The number of rotatable bonds is 4. The minimum Gasteiger partial charge on any atom is -0.350 e. The Morgan fingerprint density at radius 1 is 1.00 bits per heavy atom. The van der Waals surface area contributed by atoms with Crippen molar-refractivity contribution in [3.05, 3.63) is 71.9 Å². The summed E-state index contributed by atoms with van der Waals surface area (Å²) in [4.78, 5) is 15.3. The number of amides is 1. The fourth-order valence-electron chi connectivity index (χ4n) is 4.93. The summed E-state index contributed by atoms with van der Waals surface area (Å²) in [6.07, 6.45) is 4.15. The van der Waals surface area contributed by atoms with Crippen LogP contribution in [-0.2, 0) is 21.3 Å². The molecule has 5 rings (SSSR count). The summed E-state index contributed by atoms with van der Waals surface area (Å²) in [6, 6.07) is 18.8. The summed E-state index contributed by atoms with van der Waals surface area (Å²) in [5.41, 5.74) is 3.58. The number of fused-ring (bicyclic) bond motifs is 1. The van der Waals surface area contributed by atoms with E-state index >= 15 is 0 Å². The van der Waals surface area contributed by atoms with Crippen molar-refractivity contribution in [1.29, 1.82) is 0 Å². The van der Waals surface area contributed by atoms with E-state index in [9.17, 15) is 4.79 Å². The molecule has 5 heteroatoms. The number of nitrogens with zero attached hydrogens (tertiary/aromatic N) is 2. The number of benzene rings is 2. The van der Waals surface area contributed by atoms with Crippen LogP contribution < -0.4 is 0 Å². The molecule has 1 unspecified atom stereocenters. The zero-order chi connectivity index (χ0) is 20.6. The Kier molecular flexibility index (Phi) is 5.09. The first-order valence-corrected chi connectivity index (χ1v) is 10.8. The minimum atomic E-state index is -0.453.